The Hall–Kier alpha value is -2.30. The predicted octanol–water partition coefficient (Wildman–Crippen LogP) is 3.63. The number of carbonyl (C=O) groups excluding carboxylic acids is 1. The lowest BCUT2D eigenvalue weighted by Crippen LogP contribution is -2.41. The summed E-state index contributed by atoms with van der Waals surface area (Å²) in [6.07, 6.45) is 5.46. The van der Waals surface area contributed by atoms with Crippen molar-refractivity contribution < 1.29 is 22.8 Å². The zero-order valence-electron chi connectivity index (χ0n) is 19.9. The first-order valence-corrected chi connectivity index (χ1v) is 13.6. The predicted molar refractivity (Wildman–Crippen MR) is 125 cm³/mol. The van der Waals surface area contributed by atoms with E-state index in [-0.39, 0.29) is 22.1 Å². The molecular formula is C24H34N4O5S. The van der Waals surface area contributed by atoms with Crippen molar-refractivity contribution in [2.45, 2.75) is 88.8 Å². The Morgan fingerprint density at radius 2 is 2.06 bits per heavy atom. The standard InChI is InChI=1S/C24H34N4O5S/c1-3-20-25-23(33-26-20)18(29)10-8-16-28(21(30)12-15-24(2)13-6-7-14-24)22-17-9-4-5-11-19(17)34(31,32)27-22/h4-5,9,11,18,22,27,29H,3,6-8,10,12-16H2,1-2H3. The van der Waals surface area contributed by atoms with Gasteiger partial charge < -0.3 is 14.5 Å². The summed E-state index contributed by atoms with van der Waals surface area (Å²) < 4.78 is 33.2. The van der Waals surface area contributed by atoms with Gasteiger partial charge in [0, 0.05) is 24.9 Å². The lowest BCUT2D eigenvalue weighted by atomic mass is 9.83. The number of nitrogens with one attached hydrogen (secondary N) is 1. The van der Waals surface area contributed by atoms with E-state index in [4.69, 9.17) is 4.52 Å². The smallest absolute Gasteiger partial charge is 0.255 e. The fourth-order valence-electron chi connectivity index (χ4n) is 5.01. The highest BCUT2D eigenvalue weighted by Gasteiger charge is 2.39. The highest BCUT2D eigenvalue weighted by atomic mass is 32.2. The number of carbonyl (C=O) groups is 1. The van der Waals surface area contributed by atoms with Crippen LogP contribution in [-0.4, -0.2) is 41.0 Å². The Labute approximate surface area is 201 Å². The zero-order valence-corrected chi connectivity index (χ0v) is 20.7. The molecular weight excluding hydrogens is 456 g/mol. The molecule has 1 aromatic carbocycles. The molecule has 1 amide bonds. The van der Waals surface area contributed by atoms with E-state index in [2.05, 4.69) is 21.8 Å². The molecule has 34 heavy (non-hydrogen) atoms. The van der Waals surface area contributed by atoms with E-state index in [1.54, 1.807) is 29.2 Å². The molecule has 1 saturated carbocycles. The number of sulfonamides is 1. The molecule has 0 radical (unpaired) electrons. The highest BCUT2D eigenvalue weighted by molar-refractivity contribution is 7.89. The van der Waals surface area contributed by atoms with Crippen LogP contribution in [0.4, 0.5) is 0 Å². The minimum Gasteiger partial charge on any atom is -0.383 e. The van der Waals surface area contributed by atoms with Gasteiger partial charge in [-0.25, -0.2) is 8.42 Å². The van der Waals surface area contributed by atoms with Crippen LogP contribution in [0.15, 0.2) is 33.7 Å². The average molecular weight is 491 g/mol. The normalized spacial score (nSPS) is 21.3. The lowest BCUT2D eigenvalue weighted by Gasteiger charge is -2.31. The number of aromatic nitrogens is 2. The molecule has 2 aliphatic rings. The molecule has 2 N–H and O–H groups in total. The van der Waals surface area contributed by atoms with Gasteiger partial charge in [0.1, 0.15) is 12.3 Å². The number of hydrogen-bond acceptors (Lipinski definition) is 7. The maximum Gasteiger partial charge on any atom is 0.255 e. The van der Waals surface area contributed by atoms with Crippen molar-refractivity contribution in [2.24, 2.45) is 5.41 Å². The molecule has 0 spiro atoms. The molecule has 1 aromatic heterocycles. The van der Waals surface area contributed by atoms with Crippen LogP contribution < -0.4 is 4.72 Å². The number of fused-ring (bicyclic) bond motifs is 1. The van der Waals surface area contributed by atoms with Gasteiger partial charge in [0.15, 0.2) is 5.82 Å². The number of aryl methyl sites for hydroxylation is 1. The van der Waals surface area contributed by atoms with Crippen molar-refractivity contribution in [3.8, 4) is 0 Å². The first-order chi connectivity index (χ1) is 16.2. The molecule has 1 aliphatic carbocycles. The average Bonchev–Trinajstić information content (AvgIpc) is 3.54. The molecule has 0 bridgehead atoms. The third-order valence-corrected chi connectivity index (χ3v) is 8.60. The van der Waals surface area contributed by atoms with Gasteiger partial charge in [-0.05, 0) is 43.6 Å². The fraction of sp³-hybridized carbons (Fsp3) is 0.625. The Bertz CT molecular complexity index is 1110. The number of aliphatic hydroxyl groups is 1. The van der Waals surface area contributed by atoms with E-state index >= 15 is 0 Å². The molecule has 2 atom stereocenters. The molecule has 2 unspecified atom stereocenters. The van der Waals surface area contributed by atoms with E-state index in [0.29, 0.717) is 43.6 Å². The van der Waals surface area contributed by atoms with Crippen molar-refractivity contribution in [1.82, 2.24) is 19.8 Å². The van der Waals surface area contributed by atoms with Crippen molar-refractivity contribution in [1.29, 1.82) is 0 Å². The molecule has 4 rings (SSSR count). The largest absolute Gasteiger partial charge is 0.383 e. The highest BCUT2D eigenvalue weighted by Crippen LogP contribution is 2.42. The Morgan fingerprint density at radius 1 is 1.32 bits per heavy atom. The number of amides is 1. The van der Waals surface area contributed by atoms with Crippen LogP contribution in [0.1, 0.15) is 94.8 Å². The van der Waals surface area contributed by atoms with Crippen molar-refractivity contribution >= 4 is 15.9 Å². The summed E-state index contributed by atoms with van der Waals surface area (Å²) in [6.45, 7) is 4.43. The van der Waals surface area contributed by atoms with Crippen molar-refractivity contribution in [2.75, 3.05) is 6.54 Å². The maximum absolute atomic E-state index is 13.4. The van der Waals surface area contributed by atoms with Crippen LogP contribution in [-0.2, 0) is 21.2 Å². The van der Waals surface area contributed by atoms with Gasteiger partial charge in [-0.3, -0.25) is 4.79 Å². The summed E-state index contributed by atoms with van der Waals surface area (Å²) in [5.41, 5.74) is 0.743. The maximum atomic E-state index is 13.4. The van der Waals surface area contributed by atoms with Gasteiger partial charge >= 0.3 is 0 Å². The van der Waals surface area contributed by atoms with Gasteiger partial charge in [-0.1, -0.05) is 50.0 Å². The molecule has 2 aromatic rings. The Balaban J connectivity index is 1.48. The molecule has 1 aliphatic heterocycles. The minimum atomic E-state index is -3.69. The Kier molecular flexibility index (Phi) is 7.39. The number of hydrogen-bond donors (Lipinski definition) is 2. The third kappa shape index (κ3) is 5.34. The number of rotatable bonds is 10. The van der Waals surface area contributed by atoms with E-state index in [1.165, 1.54) is 12.8 Å². The van der Waals surface area contributed by atoms with Gasteiger partial charge in [-0.15, -0.1) is 0 Å². The summed E-state index contributed by atoms with van der Waals surface area (Å²) in [7, 11) is -3.69. The summed E-state index contributed by atoms with van der Waals surface area (Å²) >= 11 is 0. The summed E-state index contributed by atoms with van der Waals surface area (Å²) in [5, 5.41) is 14.3. The van der Waals surface area contributed by atoms with Crippen LogP contribution in [0, 0.1) is 5.41 Å². The van der Waals surface area contributed by atoms with E-state index in [0.717, 1.165) is 19.3 Å². The summed E-state index contributed by atoms with van der Waals surface area (Å²) in [4.78, 5) is 19.4. The van der Waals surface area contributed by atoms with Gasteiger partial charge in [0.25, 0.3) is 5.89 Å². The quantitative estimate of drug-likeness (QED) is 0.521. The lowest BCUT2D eigenvalue weighted by molar-refractivity contribution is -0.134. The molecule has 1 fully saturated rings. The van der Waals surface area contributed by atoms with Gasteiger partial charge in [0.2, 0.25) is 15.9 Å². The number of benzene rings is 1. The summed E-state index contributed by atoms with van der Waals surface area (Å²) in [6, 6.07) is 6.76. The van der Waals surface area contributed by atoms with Crippen LogP contribution in [0.3, 0.4) is 0 Å². The monoisotopic (exact) mass is 490 g/mol. The minimum absolute atomic E-state index is 0.0851. The number of aliphatic hydroxyl groups excluding tert-OH is 1. The summed E-state index contributed by atoms with van der Waals surface area (Å²) in [5.74, 6) is 0.608. The van der Waals surface area contributed by atoms with E-state index < -0.39 is 22.3 Å². The zero-order chi connectivity index (χ0) is 24.3. The molecule has 186 valence electrons. The number of nitrogens with zero attached hydrogens (tertiary/aromatic N) is 3. The fourth-order valence-corrected chi connectivity index (χ4v) is 6.43. The SMILES string of the molecule is CCc1noc(C(O)CCCN(C(=O)CCC2(C)CCCC2)C2NS(=O)(=O)c3ccccc32)n1. The van der Waals surface area contributed by atoms with Crippen molar-refractivity contribution in [3.63, 3.8) is 0 Å². The van der Waals surface area contributed by atoms with Gasteiger partial charge in [-0.2, -0.15) is 9.71 Å². The second-order valence-electron chi connectivity index (χ2n) is 9.73. The van der Waals surface area contributed by atoms with Crippen molar-refractivity contribution in [3.05, 3.63) is 41.5 Å². The van der Waals surface area contributed by atoms with Gasteiger partial charge in [0.05, 0.1) is 4.90 Å². The Morgan fingerprint density at radius 3 is 2.76 bits per heavy atom. The molecule has 10 heteroatoms. The molecule has 9 nitrogen and oxygen atoms in total. The third-order valence-electron chi connectivity index (χ3n) is 7.12. The topological polar surface area (TPSA) is 126 Å². The second-order valence-corrected chi connectivity index (χ2v) is 11.4. The van der Waals surface area contributed by atoms with Crippen LogP contribution >= 0.6 is 0 Å². The van der Waals surface area contributed by atoms with E-state index in [9.17, 15) is 18.3 Å². The first-order valence-electron chi connectivity index (χ1n) is 12.1. The van der Waals surface area contributed by atoms with Crippen LogP contribution in [0.2, 0.25) is 0 Å². The second kappa shape index (κ2) is 10.1. The molecule has 2 heterocycles. The van der Waals surface area contributed by atoms with Crippen LogP contribution in [0.25, 0.3) is 0 Å². The van der Waals surface area contributed by atoms with Crippen LogP contribution in [0.5, 0.6) is 0 Å². The molecule has 0 saturated heterocycles. The van der Waals surface area contributed by atoms with E-state index in [1.807, 2.05) is 6.92 Å². The first kappa shape index (κ1) is 24.8.